The predicted molar refractivity (Wildman–Crippen MR) is 130 cm³/mol. The van der Waals surface area contributed by atoms with Crippen molar-refractivity contribution in [3.8, 4) is 0 Å². The van der Waals surface area contributed by atoms with Gasteiger partial charge in [0.25, 0.3) is 0 Å². The Morgan fingerprint density at radius 3 is 2.64 bits per heavy atom. The Labute approximate surface area is 200 Å². The number of nitrogens with zero attached hydrogens (tertiary/aromatic N) is 1. The Morgan fingerprint density at radius 1 is 1.24 bits per heavy atom. The second kappa shape index (κ2) is 16.0. The summed E-state index contributed by atoms with van der Waals surface area (Å²) in [5.41, 5.74) is 0. The van der Waals surface area contributed by atoms with E-state index in [1.807, 2.05) is 0 Å². The van der Waals surface area contributed by atoms with Crippen LogP contribution in [0.15, 0.2) is 0 Å². The van der Waals surface area contributed by atoms with Gasteiger partial charge in [-0.2, -0.15) is 0 Å². The minimum Gasteiger partial charge on any atom is -0.391 e. The van der Waals surface area contributed by atoms with E-state index in [2.05, 4.69) is 24.5 Å². The maximum absolute atomic E-state index is 12.9. The van der Waals surface area contributed by atoms with E-state index in [1.54, 1.807) is 20.9 Å². The maximum Gasteiger partial charge on any atom is 0.248 e. The van der Waals surface area contributed by atoms with Crippen LogP contribution in [0.4, 0.5) is 0 Å². The Hall–Kier alpha value is -1.67. The van der Waals surface area contributed by atoms with Crippen molar-refractivity contribution in [3.05, 3.63) is 0 Å². The highest BCUT2D eigenvalue weighted by Crippen LogP contribution is 2.21. The van der Waals surface area contributed by atoms with Gasteiger partial charge >= 0.3 is 0 Å². The number of amides is 3. The zero-order valence-electron chi connectivity index (χ0n) is 21.4. The molecular formula is C25H47N3O5. The van der Waals surface area contributed by atoms with Crippen molar-refractivity contribution in [1.29, 1.82) is 0 Å². The van der Waals surface area contributed by atoms with Crippen molar-refractivity contribution >= 4 is 17.7 Å². The SMILES string of the molecule is CCCCNC(=O)C(C)CC(O)[C@@H]1C[C@H](C)CCCCCCOCC(=O)N(C)[C@@H](C)C(=O)N1. The first-order valence-corrected chi connectivity index (χ1v) is 12.8. The van der Waals surface area contributed by atoms with Crippen LogP contribution in [0.1, 0.15) is 85.5 Å². The largest absolute Gasteiger partial charge is 0.391 e. The van der Waals surface area contributed by atoms with Gasteiger partial charge in [0.1, 0.15) is 12.6 Å². The fraction of sp³-hybridized carbons (Fsp3) is 0.880. The van der Waals surface area contributed by atoms with Crippen molar-refractivity contribution in [1.82, 2.24) is 15.5 Å². The molecule has 8 heteroatoms. The molecule has 0 aromatic heterocycles. The lowest BCUT2D eigenvalue weighted by atomic mass is 9.89. The van der Waals surface area contributed by atoms with Gasteiger partial charge in [-0.15, -0.1) is 0 Å². The van der Waals surface area contributed by atoms with Crippen LogP contribution >= 0.6 is 0 Å². The van der Waals surface area contributed by atoms with Crippen LogP contribution in [-0.2, 0) is 19.1 Å². The number of hydrogen-bond acceptors (Lipinski definition) is 5. The van der Waals surface area contributed by atoms with Gasteiger partial charge in [0.05, 0.1) is 12.1 Å². The summed E-state index contributed by atoms with van der Waals surface area (Å²) in [7, 11) is 1.59. The molecule has 8 nitrogen and oxygen atoms in total. The van der Waals surface area contributed by atoms with Gasteiger partial charge in [-0.25, -0.2) is 0 Å². The fourth-order valence-electron chi connectivity index (χ4n) is 4.07. The van der Waals surface area contributed by atoms with E-state index in [0.29, 0.717) is 25.5 Å². The van der Waals surface area contributed by atoms with E-state index >= 15 is 0 Å². The molecule has 0 radical (unpaired) electrons. The van der Waals surface area contributed by atoms with Crippen LogP contribution in [-0.4, -0.2) is 72.7 Å². The summed E-state index contributed by atoms with van der Waals surface area (Å²) in [5.74, 6) is -0.670. The number of carbonyl (C=O) groups excluding carboxylic acids is 3. The molecule has 1 aliphatic rings. The number of rotatable bonds is 7. The van der Waals surface area contributed by atoms with Crippen molar-refractivity contribution in [2.75, 3.05) is 26.8 Å². The summed E-state index contributed by atoms with van der Waals surface area (Å²) >= 11 is 0. The third-order valence-corrected chi connectivity index (χ3v) is 6.64. The second-order valence-corrected chi connectivity index (χ2v) is 9.74. The van der Waals surface area contributed by atoms with E-state index in [1.165, 1.54) is 4.90 Å². The predicted octanol–water partition coefficient (Wildman–Crippen LogP) is 2.63. The van der Waals surface area contributed by atoms with Gasteiger partial charge in [0.2, 0.25) is 17.7 Å². The third kappa shape index (κ3) is 11.3. The van der Waals surface area contributed by atoms with E-state index in [0.717, 1.165) is 44.9 Å². The fourth-order valence-corrected chi connectivity index (χ4v) is 4.07. The van der Waals surface area contributed by atoms with Gasteiger partial charge in [-0.1, -0.05) is 52.9 Å². The van der Waals surface area contributed by atoms with Gasteiger partial charge < -0.3 is 25.4 Å². The normalized spacial score (nSPS) is 26.4. The minimum absolute atomic E-state index is 0.0398. The molecule has 1 aliphatic heterocycles. The topological polar surface area (TPSA) is 108 Å². The number of likely N-dealkylation sites (N-methyl/N-ethyl adjacent to an activating group) is 1. The summed E-state index contributed by atoms with van der Waals surface area (Å²) in [5, 5.41) is 16.9. The maximum atomic E-state index is 12.9. The van der Waals surface area contributed by atoms with Gasteiger partial charge in [0, 0.05) is 26.1 Å². The average molecular weight is 470 g/mol. The summed E-state index contributed by atoms with van der Waals surface area (Å²) < 4.78 is 5.48. The summed E-state index contributed by atoms with van der Waals surface area (Å²) in [6, 6.07) is -1.16. The van der Waals surface area contributed by atoms with Crippen LogP contribution in [0.2, 0.25) is 0 Å². The Kier molecular flexibility index (Phi) is 14.3. The molecule has 0 spiro atoms. The Morgan fingerprint density at radius 2 is 1.94 bits per heavy atom. The molecule has 3 amide bonds. The Balaban J connectivity index is 2.86. The zero-order valence-corrected chi connectivity index (χ0v) is 21.4. The van der Waals surface area contributed by atoms with Crippen molar-refractivity contribution in [2.24, 2.45) is 11.8 Å². The second-order valence-electron chi connectivity index (χ2n) is 9.74. The highest BCUT2D eigenvalue weighted by Gasteiger charge is 2.30. The van der Waals surface area contributed by atoms with Crippen LogP contribution in [0, 0.1) is 11.8 Å². The number of unbranched alkanes of at least 4 members (excludes halogenated alkanes) is 1. The summed E-state index contributed by atoms with van der Waals surface area (Å²) in [6.45, 7) is 8.83. The lowest BCUT2D eigenvalue weighted by Crippen LogP contribution is -2.53. The number of hydrogen-bond donors (Lipinski definition) is 3. The van der Waals surface area contributed by atoms with Gasteiger partial charge in [-0.3, -0.25) is 14.4 Å². The highest BCUT2D eigenvalue weighted by atomic mass is 16.5. The number of carbonyl (C=O) groups is 3. The standard InChI is InChI=1S/C25H47N3O5/c1-6-7-13-26-24(31)19(3)16-22(29)21-15-18(2)12-10-8-9-11-14-33-17-23(30)28(5)20(4)25(32)27-21/h18-22,29H,6-17H2,1-5H3,(H,26,31)(H,27,32)/t18-,19?,20+,21+,22?/m1/s1. The van der Waals surface area contributed by atoms with E-state index in [9.17, 15) is 19.5 Å². The summed E-state index contributed by atoms with van der Waals surface area (Å²) in [4.78, 5) is 39.1. The van der Waals surface area contributed by atoms with Crippen LogP contribution in [0.25, 0.3) is 0 Å². The molecule has 1 rings (SSSR count). The molecule has 0 bridgehead atoms. The zero-order chi connectivity index (χ0) is 24.8. The molecule has 3 N–H and O–H groups in total. The third-order valence-electron chi connectivity index (χ3n) is 6.64. The van der Waals surface area contributed by atoms with Crippen LogP contribution in [0.5, 0.6) is 0 Å². The lowest BCUT2D eigenvalue weighted by molar-refractivity contribution is -0.142. The first kappa shape index (κ1) is 29.4. The van der Waals surface area contributed by atoms with Crippen molar-refractivity contribution < 1.29 is 24.2 Å². The molecule has 5 atom stereocenters. The lowest BCUT2D eigenvalue weighted by Gasteiger charge is -2.31. The monoisotopic (exact) mass is 469 g/mol. The van der Waals surface area contributed by atoms with E-state index < -0.39 is 18.2 Å². The molecule has 0 aromatic rings. The van der Waals surface area contributed by atoms with Crippen LogP contribution < -0.4 is 10.6 Å². The number of aliphatic hydroxyl groups is 1. The molecule has 192 valence electrons. The molecule has 33 heavy (non-hydrogen) atoms. The first-order valence-electron chi connectivity index (χ1n) is 12.8. The van der Waals surface area contributed by atoms with Gasteiger partial charge in [-0.05, 0) is 38.5 Å². The smallest absolute Gasteiger partial charge is 0.248 e. The van der Waals surface area contributed by atoms with Crippen LogP contribution in [0.3, 0.4) is 0 Å². The highest BCUT2D eigenvalue weighted by molar-refractivity contribution is 5.87. The molecule has 0 saturated carbocycles. The summed E-state index contributed by atoms with van der Waals surface area (Å²) in [6.07, 6.45) is 7.13. The molecule has 1 heterocycles. The van der Waals surface area contributed by atoms with E-state index in [4.69, 9.17) is 4.74 Å². The molecular weight excluding hydrogens is 422 g/mol. The van der Waals surface area contributed by atoms with E-state index in [-0.39, 0.29) is 36.7 Å². The molecule has 2 unspecified atom stereocenters. The molecule has 1 saturated heterocycles. The minimum atomic E-state index is -0.848. The number of aliphatic hydroxyl groups excluding tert-OH is 1. The molecule has 0 aliphatic carbocycles. The van der Waals surface area contributed by atoms with Gasteiger partial charge in [0.15, 0.2) is 0 Å². The van der Waals surface area contributed by atoms with Crippen molar-refractivity contribution in [2.45, 2.75) is 104 Å². The number of ether oxygens (including phenoxy) is 1. The quantitative estimate of drug-likeness (QED) is 0.497. The first-order chi connectivity index (χ1) is 15.7. The van der Waals surface area contributed by atoms with Crippen molar-refractivity contribution in [3.63, 3.8) is 0 Å². The number of nitrogens with one attached hydrogen (secondary N) is 2. The molecule has 0 aromatic carbocycles. The average Bonchev–Trinajstić information content (AvgIpc) is 2.78. The Bertz CT molecular complexity index is 601. The molecule has 1 fully saturated rings.